The zero-order valence-electron chi connectivity index (χ0n) is 12.7. The van der Waals surface area contributed by atoms with Crippen LogP contribution in [0.15, 0.2) is 0 Å². The fourth-order valence-electron chi connectivity index (χ4n) is 1.99. The monoisotopic (exact) mass is 252 g/mol. The number of nitrogens with one attached hydrogen (secondary N) is 1. The Morgan fingerprint density at radius 2 is 1.94 bits per heavy atom. The molecule has 0 atom stereocenters. The third kappa shape index (κ3) is 4.42. The highest BCUT2D eigenvalue weighted by Crippen LogP contribution is 2.12. The molecule has 0 unspecified atom stereocenters. The number of likely N-dealkylation sites (N-methyl/N-ethyl adjacent to an activating group) is 1. The molecule has 0 saturated carbocycles. The first-order chi connectivity index (χ1) is 8.41. The van der Waals surface area contributed by atoms with Gasteiger partial charge in [-0.25, -0.2) is 0 Å². The normalized spacial score (nSPS) is 11.8. The van der Waals surface area contributed by atoms with Crippen LogP contribution < -0.4 is 5.32 Å². The third-order valence-corrected chi connectivity index (χ3v) is 3.14. The van der Waals surface area contributed by atoms with E-state index in [1.165, 1.54) is 11.3 Å². The maximum Gasteiger partial charge on any atom is 0.0641 e. The highest BCUT2D eigenvalue weighted by molar-refractivity contribution is 5.24. The largest absolute Gasteiger partial charge is 0.312 e. The first-order valence-electron chi connectivity index (χ1n) is 6.80. The van der Waals surface area contributed by atoms with Gasteiger partial charge in [0.05, 0.1) is 12.2 Å². The predicted molar refractivity (Wildman–Crippen MR) is 76.8 cm³/mol. The quantitative estimate of drug-likeness (QED) is 0.803. The highest BCUT2D eigenvalue weighted by atomic mass is 15.3. The maximum atomic E-state index is 4.63. The van der Waals surface area contributed by atoms with Gasteiger partial charge in [-0.15, -0.1) is 0 Å². The van der Waals surface area contributed by atoms with Crippen molar-refractivity contribution < 1.29 is 0 Å². The lowest BCUT2D eigenvalue weighted by Crippen LogP contribution is -2.21. The Labute approximate surface area is 111 Å². The molecule has 1 aromatic heterocycles. The predicted octanol–water partition coefficient (Wildman–Crippen LogP) is 1.81. The van der Waals surface area contributed by atoms with Crippen molar-refractivity contribution in [3.8, 4) is 0 Å². The summed E-state index contributed by atoms with van der Waals surface area (Å²) in [4.78, 5) is 2.19. The average molecular weight is 252 g/mol. The average Bonchev–Trinajstić information content (AvgIpc) is 2.53. The fraction of sp³-hybridized carbons (Fsp3) is 0.786. The number of aromatic nitrogens is 2. The van der Waals surface area contributed by atoms with Gasteiger partial charge in [-0.1, -0.05) is 13.8 Å². The molecule has 1 aromatic rings. The molecule has 0 spiro atoms. The SMILES string of the molecule is Cc1nn(CCN(C)C)c(C)c1CNCC(C)C. The Bertz CT molecular complexity index is 366. The number of nitrogens with zero attached hydrogens (tertiary/aromatic N) is 3. The first kappa shape index (κ1) is 15.2. The Morgan fingerprint density at radius 1 is 1.28 bits per heavy atom. The second-order valence-electron chi connectivity index (χ2n) is 5.70. The van der Waals surface area contributed by atoms with E-state index in [0.717, 1.165) is 31.9 Å². The molecule has 0 aliphatic rings. The van der Waals surface area contributed by atoms with Crippen molar-refractivity contribution in [1.82, 2.24) is 20.0 Å². The lowest BCUT2D eigenvalue weighted by molar-refractivity contribution is 0.370. The van der Waals surface area contributed by atoms with Crippen molar-refractivity contribution >= 4 is 0 Å². The molecule has 1 rings (SSSR count). The third-order valence-electron chi connectivity index (χ3n) is 3.14. The van der Waals surface area contributed by atoms with E-state index in [4.69, 9.17) is 0 Å². The molecule has 0 amide bonds. The Morgan fingerprint density at radius 3 is 2.50 bits per heavy atom. The van der Waals surface area contributed by atoms with Crippen LogP contribution in [-0.2, 0) is 13.1 Å². The van der Waals surface area contributed by atoms with Crippen molar-refractivity contribution in [3.05, 3.63) is 17.0 Å². The van der Waals surface area contributed by atoms with Gasteiger partial charge in [-0.3, -0.25) is 4.68 Å². The van der Waals surface area contributed by atoms with Crippen LogP contribution in [0.3, 0.4) is 0 Å². The van der Waals surface area contributed by atoms with Crippen molar-refractivity contribution in [2.24, 2.45) is 5.92 Å². The van der Waals surface area contributed by atoms with Crippen LogP contribution in [0.5, 0.6) is 0 Å². The second-order valence-corrected chi connectivity index (χ2v) is 5.70. The summed E-state index contributed by atoms with van der Waals surface area (Å²) in [7, 11) is 4.19. The lowest BCUT2D eigenvalue weighted by Gasteiger charge is -2.11. The molecule has 0 bridgehead atoms. The van der Waals surface area contributed by atoms with Gasteiger partial charge in [0.1, 0.15) is 0 Å². The van der Waals surface area contributed by atoms with Gasteiger partial charge in [-0.2, -0.15) is 5.10 Å². The zero-order chi connectivity index (χ0) is 13.7. The molecule has 0 fully saturated rings. The summed E-state index contributed by atoms with van der Waals surface area (Å²) in [6.45, 7) is 12.7. The molecule has 1 N–H and O–H groups in total. The molecule has 4 nitrogen and oxygen atoms in total. The van der Waals surface area contributed by atoms with Crippen LogP contribution >= 0.6 is 0 Å². The smallest absolute Gasteiger partial charge is 0.0641 e. The summed E-state index contributed by atoms with van der Waals surface area (Å²) in [5.41, 5.74) is 3.81. The summed E-state index contributed by atoms with van der Waals surface area (Å²) in [6, 6.07) is 0. The number of hydrogen-bond donors (Lipinski definition) is 1. The van der Waals surface area contributed by atoms with Crippen LogP contribution in [0.4, 0.5) is 0 Å². The first-order valence-corrected chi connectivity index (χ1v) is 6.80. The molecule has 0 aliphatic heterocycles. The summed E-state index contributed by atoms with van der Waals surface area (Å²) in [5, 5.41) is 8.13. The molecule has 0 radical (unpaired) electrons. The van der Waals surface area contributed by atoms with E-state index in [1.54, 1.807) is 0 Å². The molecule has 0 aliphatic carbocycles. The van der Waals surface area contributed by atoms with Gasteiger partial charge in [0, 0.05) is 24.3 Å². The minimum atomic E-state index is 0.689. The Balaban J connectivity index is 2.62. The van der Waals surface area contributed by atoms with Crippen molar-refractivity contribution in [2.75, 3.05) is 27.2 Å². The van der Waals surface area contributed by atoms with Gasteiger partial charge < -0.3 is 10.2 Å². The van der Waals surface area contributed by atoms with Crippen LogP contribution in [0, 0.1) is 19.8 Å². The van der Waals surface area contributed by atoms with Crippen molar-refractivity contribution in [2.45, 2.75) is 40.8 Å². The minimum Gasteiger partial charge on any atom is -0.312 e. The molecular formula is C14H28N4. The van der Waals surface area contributed by atoms with Gasteiger partial charge >= 0.3 is 0 Å². The van der Waals surface area contributed by atoms with E-state index in [9.17, 15) is 0 Å². The molecular weight excluding hydrogens is 224 g/mol. The van der Waals surface area contributed by atoms with Crippen molar-refractivity contribution in [1.29, 1.82) is 0 Å². The lowest BCUT2D eigenvalue weighted by atomic mass is 10.2. The molecule has 0 aromatic carbocycles. The van der Waals surface area contributed by atoms with E-state index in [2.05, 4.69) is 61.8 Å². The van der Waals surface area contributed by atoms with E-state index < -0.39 is 0 Å². The van der Waals surface area contributed by atoms with Crippen LogP contribution in [-0.4, -0.2) is 41.9 Å². The Hall–Kier alpha value is -0.870. The summed E-state index contributed by atoms with van der Waals surface area (Å²) in [6.07, 6.45) is 0. The van der Waals surface area contributed by atoms with E-state index in [-0.39, 0.29) is 0 Å². The maximum absolute atomic E-state index is 4.63. The number of rotatable bonds is 7. The van der Waals surface area contributed by atoms with Crippen molar-refractivity contribution in [3.63, 3.8) is 0 Å². The van der Waals surface area contributed by atoms with E-state index in [0.29, 0.717) is 5.92 Å². The fourth-order valence-corrected chi connectivity index (χ4v) is 1.99. The van der Waals surface area contributed by atoms with Gasteiger partial charge in [0.2, 0.25) is 0 Å². The van der Waals surface area contributed by atoms with Gasteiger partial charge in [0.15, 0.2) is 0 Å². The second kappa shape index (κ2) is 6.90. The van der Waals surface area contributed by atoms with Gasteiger partial charge in [0.25, 0.3) is 0 Å². The van der Waals surface area contributed by atoms with E-state index >= 15 is 0 Å². The molecule has 0 saturated heterocycles. The topological polar surface area (TPSA) is 33.1 Å². The standard InChI is InChI=1S/C14H28N4/c1-11(2)9-15-10-14-12(3)16-18(13(14)4)8-7-17(5)6/h11,15H,7-10H2,1-6H3. The minimum absolute atomic E-state index is 0.689. The highest BCUT2D eigenvalue weighted by Gasteiger charge is 2.11. The van der Waals surface area contributed by atoms with Crippen LogP contribution in [0.2, 0.25) is 0 Å². The van der Waals surface area contributed by atoms with Crippen LogP contribution in [0.1, 0.15) is 30.8 Å². The zero-order valence-corrected chi connectivity index (χ0v) is 12.7. The Kier molecular flexibility index (Phi) is 5.82. The molecule has 18 heavy (non-hydrogen) atoms. The van der Waals surface area contributed by atoms with Crippen LogP contribution in [0.25, 0.3) is 0 Å². The summed E-state index contributed by atoms with van der Waals surface area (Å²) in [5.74, 6) is 0.689. The summed E-state index contributed by atoms with van der Waals surface area (Å²) < 4.78 is 2.13. The van der Waals surface area contributed by atoms with E-state index in [1.807, 2.05) is 0 Å². The number of aryl methyl sites for hydroxylation is 1. The molecule has 1 heterocycles. The summed E-state index contributed by atoms with van der Waals surface area (Å²) >= 11 is 0. The number of hydrogen-bond acceptors (Lipinski definition) is 3. The van der Waals surface area contributed by atoms with Gasteiger partial charge in [-0.05, 0) is 40.4 Å². The molecule has 4 heteroatoms. The molecule has 104 valence electrons.